The lowest BCUT2D eigenvalue weighted by Crippen LogP contribution is -2.47. The van der Waals surface area contributed by atoms with Crippen molar-refractivity contribution in [3.8, 4) is 5.75 Å². The van der Waals surface area contributed by atoms with E-state index in [2.05, 4.69) is 45.4 Å². The van der Waals surface area contributed by atoms with Crippen molar-refractivity contribution in [3.63, 3.8) is 0 Å². The van der Waals surface area contributed by atoms with E-state index in [1.165, 1.54) is 5.69 Å². The van der Waals surface area contributed by atoms with Gasteiger partial charge in [0.15, 0.2) is 0 Å². The van der Waals surface area contributed by atoms with E-state index in [0.29, 0.717) is 6.42 Å². The van der Waals surface area contributed by atoms with Crippen LogP contribution in [0, 0.1) is 0 Å². The van der Waals surface area contributed by atoms with E-state index in [-0.39, 0.29) is 5.91 Å². The highest BCUT2D eigenvalue weighted by atomic mass is 16.5. The molecule has 0 bridgehead atoms. The molecular formula is C22H29N3O2. The first-order chi connectivity index (χ1) is 13.2. The highest BCUT2D eigenvalue weighted by molar-refractivity contribution is 5.78. The Morgan fingerprint density at radius 3 is 2.37 bits per heavy atom. The summed E-state index contributed by atoms with van der Waals surface area (Å²) in [5, 5.41) is 3.03. The summed E-state index contributed by atoms with van der Waals surface area (Å²) in [7, 11) is 1.64. The Labute approximate surface area is 161 Å². The van der Waals surface area contributed by atoms with Crippen molar-refractivity contribution in [1.82, 2.24) is 10.2 Å². The number of benzene rings is 2. The molecule has 1 fully saturated rings. The van der Waals surface area contributed by atoms with Gasteiger partial charge in [-0.25, -0.2) is 0 Å². The van der Waals surface area contributed by atoms with Crippen LogP contribution in [0.25, 0.3) is 0 Å². The van der Waals surface area contributed by atoms with E-state index in [1.54, 1.807) is 7.11 Å². The first kappa shape index (κ1) is 19.2. The Kier molecular flexibility index (Phi) is 7.11. The quantitative estimate of drug-likeness (QED) is 0.729. The van der Waals surface area contributed by atoms with E-state index in [4.69, 9.17) is 4.74 Å². The topological polar surface area (TPSA) is 44.8 Å². The number of ether oxygens (including phenoxy) is 1. The zero-order valence-corrected chi connectivity index (χ0v) is 16.1. The second kappa shape index (κ2) is 9.97. The molecule has 3 rings (SSSR count). The van der Waals surface area contributed by atoms with Crippen LogP contribution in [0.4, 0.5) is 5.69 Å². The van der Waals surface area contributed by atoms with Crippen LogP contribution in [-0.2, 0) is 11.2 Å². The van der Waals surface area contributed by atoms with Crippen LogP contribution >= 0.6 is 0 Å². The predicted molar refractivity (Wildman–Crippen MR) is 109 cm³/mol. The molecule has 0 aliphatic carbocycles. The minimum atomic E-state index is 0.0778. The van der Waals surface area contributed by atoms with Gasteiger partial charge in [-0.3, -0.25) is 9.69 Å². The van der Waals surface area contributed by atoms with Crippen LogP contribution < -0.4 is 15.0 Å². The first-order valence-electron chi connectivity index (χ1n) is 9.66. The summed E-state index contributed by atoms with van der Waals surface area (Å²) in [4.78, 5) is 17.0. The molecule has 0 spiro atoms. The van der Waals surface area contributed by atoms with Crippen LogP contribution in [0.5, 0.6) is 5.75 Å². The Morgan fingerprint density at radius 1 is 1.00 bits per heavy atom. The fourth-order valence-electron chi connectivity index (χ4n) is 3.39. The molecule has 2 aromatic rings. The highest BCUT2D eigenvalue weighted by Gasteiger charge is 2.16. The third-order valence-corrected chi connectivity index (χ3v) is 4.99. The Hall–Kier alpha value is -2.53. The third-order valence-electron chi connectivity index (χ3n) is 4.99. The Bertz CT molecular complexity index is 695. The molecule has 0 radical (unpaired) electrons. The minimum absolute atomic E-state index is 0.0778. The number of carbonyl (C=O) groups excluding carboxylic acids is 1. The summed E-state index contributed by atoms with van der Waals surface area (Å²) in [5.74, 6) is 0.889. The number of methoxy groups -OCH3 is 1. The molecule has 144 valence electrons. The number of hydrogen-bond donors (Lipinski definition) is 1. The number of hydrogen-bond acceptors (Lipinski definition) is 4. The third kappa shape index (κ3) is 6.00. The standard InChI is InChI=1S/C22H29N3O2/c1-27-21-10-8-19(9-11-21)18-22(26)23-12-5-13-24-14-16-25(17-15-24)20-6-3-2-4-7-20/h2-4,6-11H,5,12-18H2,1H3,(H,23,26). The van der Waals surface area contributed by atoms with Gasteiger partial charge in [0, 0.05) is 38.4 Å². The Balaban J connectivity index is 1.29. The summed E-state index contributed by atoms with van der Waals surface area (Å²) in [6.45, 7) is 6.05. The number of carbonyl (C=O) groups is 1. The first-order valence-corrected chi connectivity index (χ1v) is 9.66. The number of nitrogens with zero attached hydrogens (tertiary/aromatic N) is 2. The van der Waals surface area contributed by atoms with Gasteiger partial charge < -0.3 is 15.0 Å². The van der Waals surface area contributed by atoms with Gasteiger partial charge in [-0.15, -0.1) is 0 Å². The summed E-state index contributed by atoms with van der Waals surface area (Å²) >= 11 is 0. The molecule has 5 heteroatoms. The number of piperazine rings is 1. The van der Waals surface area contributed by atoms with Gasteiger partial charge in [0.1, 0.15) is 5.75 Å². The predicted octanol–water partition coefficient (Wildman–Crippen LogP) is 2.57. The maximum Gasteiger partial charge on any atom is 0.224 e. The highest BCUT2D eigenvalue weighted by Crippen LogP contribution is 2.15. The molecule has 1 amide bonds. The zero-order chi connectivity index (χ0) is 18.9. The van der Waals surface area contributed by atoms with Crippen molar-refractivity contribution in [3.05, 3.63) is 60.2 Å². The van der Waals surface area contributed by atoms with Gasteiger partial charge in [-0.2, -0.15) is 0 Å². The van der Waals surface area contributed by atoms with Crippen molar-refractivity contribution < 1.29 is 9.53 Å². The molecule has 1 N–H and O–H groups in total. The van der Waals surface area contributed by atoms with Gasteiger partial charge in [-0.05, 0) is 42.8 Å². The summed E-state index contributed by atoms with van der Waals surface area (Å²) in [6.07, 6.45) is 1.40. The van der Waals surface area contributed by atoms with Crippen molar-refractivity contribution in [1.29, 1.82) is 0 Å². The van der Waals surface area contributed by atoms with Crippen LogP contribution in [-0.4, -0.2) is 57.2 Å². The van der Waals surface area contributed by atoms with Crippen molar-refractivity contribution in [2.75, 3.05) is 51.3 Å². The molecule has 2 aromatic carbocycles. The van der Waals surface area contributed by atoms with Gasteiger partial charge in [0.05, 0.1) is 13.5 Å². The number of nitrogens with one attached hydrogen (secondary N) is 1. The lowest BCUT2D eigenvalue weighted by molar-refractivity contribution is -0.120. The van der Waals surface area contributed by atoms with E-state index in [9.17, 15) is 4.79 Å². The van der Waals surface area contributed by atoms with Crippen LogP contribution in [0.15, 0.2) is 54.6 Å². The largest absolute Gasteiger partial charge is 0.497 e. The smallest absolute Gasteiger partial charge is 0.224 e. The summed E-state index contributed by atoms with van der Waals surface area (Å²) < 4.78 is 5.13. The fourth-order valence-corrected chi connectivity index (χ4v) is 3.39. The maximum atomic E-state index is 12.1. The molecule has 0 unspecified atom stereocenters. The summed E-state index contributed by atoms with van der Waals surface area (Å²) in [5.41, 5.74) is 2.31. The molecule has 0 saturated carbocycles. The van der Waals surface area contributed by atoms with Crippen LogP contribution in [0.2, 0.25) is 0 Å². The van der Waals surface area contributed by atoms with Crippen molar-refractivity contribution in [2.45, 2.75) is 12.8 Å². The molecular weight excluding hydrogens is 338 g/mol. The number of rotatable bonds is 8. The second-order valence-electron chi connectivity index (χ2n) is 6.89. The van der Waals surface area contributed by atoms with E-state index in [0.717, 1.165) is 57.0 Å². The molecule has 1 aliphatic rings. The number of para-hydroxylation sites is 1. The molecule has 27 heavy (non-hydrogen) atoms. The molecule has 1 saturated heterocycles. The van der Waals surface area contributed by atoms with Gasteiger partial charge in [-0.1, -0.05) is 30.3 Å². The van der Waals surface area contributed by atoms with Crippen molar-refractivity contribution in [2.24, 2.45) is 0 Å². The summed E-state index contributed by atoms with van der Waals surface area (Å²) in [6, 6.07) is 18.2. The van der Waals surface area contributed by atoms with Gasteiger partial charge in [0.25, 0.3) is 0 Å². The average Bonchev–Trinajstić information content (AvgIpc) is 2.73. The van der Waals surface area contributed by atoms with Gasteiger partial charge in [0.2, 0.25) is 5.91 Å². The molecule has 5 nitrogen and oxygen atoms in total. The van der Waals surface area contributed by atoms with Crippen LogP contribution in [0.1, 0.15) is 12.0 Å². The Morgan fingerprint density at radius 2 is 1.70 bits per heavy atom. The van der Waals surface area contributed by atoms with E-state index in [1.807, 2.05) is 24.3 Å². The lowest BCUT2D eigenvalue weighted by atomic mass is 10.1. The number of anilines is 1. The van der Waals surface area contributed by atoms with E-state index >= 15 is 0 Å². The monoisotopic (exact) mass is 367 g/mol. The zero-order valence-electron chi connectivity index (χ0n) is 16.1. The van der Waals surface area contributed by atoms with Crippen LogP contribution in [0.3, 0.4) is 0 Å². The SMILES string of the molecule is COc1ccc(CC(=O)NCCCN2CCN(c3ccccc3)CC2)cc1. The lowest BCUT2D eigenvalue weighted by Gasteiger charge is -2.36. The molecule has 0 aromatic heterocycles. The van der Waals surface area contributed by atoms with Gasteiger partial charge >= 0.3 is 0 Å². The maximum absolute atomic E-state index is 12.1. The average molecular weight is 367 g/mol. The normalized spacial score (nSPS) is 14.8. The molecule has 1 heterocycles. The number of amides is 1. The second-order valence-corrected chi connectivity index (χ2v) is 6.89. The molecule has 0 atom stereocenters. The van der Waals surface area contributed by atoms with E-state index < -0.39 is 0 Å². The minimum Gasteiger partial charge on any atom is -0.497 e. The van der Waals surface area contributed by atoms with Crippen molar-refractivity contribution >= 4 is 11.6 Å². The fraction of sp³-hybridized carbons (Fsp3) is 0.409. The molecule has 1 aliphatic heterocycles.